The Morgan fingerprint density at radius 1 is 0.609 bits per heavy atom. The highest BCUT2D eigenvalue weighted by atomic mass is 16.5. The number of benzene rings is 2. The molecular formula is C53H76N8O8. The Balaban J connectivity index is 1.92. The van der Waals surface area contributed by atoms with Crippen molar-refractivity contribution < 1.29 is 38.3 Å². The Kier molecular flexibility index (Phi) is 20.4. The smallest absolute Gasteiger partial charge is 0.329 e. The predicted molar refractivity (Wildman–Crippen MR) is 265 cm³/mol. The molecule has 0 saturated carbocycles. The van der Waals surface area contributed by atoms with Gasteiger partial charge in [0.1, 0.15) is 36.3 Å². The maximum atomic E-state index is 15.1. The monoisotopic (exact) mass is 953 g/mol. The maximum Gasteiger partial charge on any atom is 0.329 e. The van der Waals surface area contributed by atoms with Gasteiger partial charge in [-0.3, -0.25) is 28.8 Å². The number of amides is 6. The quantitative estimate of drug-likeness (QED) is 0.172. The van der Waals surface area contributed by atoms with E-state index >= 15 is 9.59 Å². The van der Waals surface area contributed by atoms with Gasteiger partial charge in [0, 0.05) is 64.1 Å². The van der Waals surface area contributed by atoms with E-state index < -0.39 is 83.8 Å². The lowest BCUT2D eigenvalue weighted by atomic mass is 9.96. The first-order valence-electron chi connectivity index (χ1n) is 24.4. The lowest BCUT2D eigenvalue weighted by molar-refractivity contribution is -0.163. The van der Waals surface area contributed by atoms with E-state index in [1.54, 1.807) is 0 Å². The molecule has 4 rings (SSSR count). The van der Waals surface area contributed by atoms with Crippen LogP contribution in [0.15, 0.2) is 60.8 Å². The molecule has 69 heavy (non-hydrogen) atoms. The Labute approximate surface area is 408 Å². The van der Waals surface area contributed by atoms with Crippen LogP contribution in [0.3, 0.4) is 0 Å². The van der Waals surface area contributed by atoms with Gasteiger partial charge in [-0.1, -0.05) is 104 Å². The summed E-state index contributed by atoms with van der Waals surface area (Å²) in [7, 11) is 4.42. The summed E-state index contributed by atoms with van der Waals surface area (Å²) in [6.45, 7) is 17.2. The molecule has 16 heteroatoms. The molecule has 0 bridgehead atoms. The standard InChI is InChI=1S/C53H76N8O8/c1-32(2)25-40-50(65)58(10)36(9)53(68)69-46(23-18-24-54)49(64)57-42(27-34(5)6)52(67)59(11)44(28-35(7)8)47(62)56-41(26-33(3)4)51(66)60(12)45(48(63)55-40)29-38-31-61(30-37-19-14-13-15-20-37)43-22-17-16-21-39(38)43/h13-17,19-22,31-36,40-42,44-46H,18,23,25-30H2,1-12H3,(H,55,63)(H,56,62)(H,57,64)/t36-,40-,41-,42-,44-,45-,46+/m0/s1. The molecule has 2 heterocycles. The van der Waals surface area contributed by atoms with Crippen molar-refractivity contribution in [1.82, 2.24) is 35.2 Å². The van der Waals surface area contributed by atoms with Crippen LogP contribution in [-0.4, -0.2) is 124 Å². The van der Waals surface area contributed by atoms with Crippen molar-refractivity contribution in [3.8, 4) is 6.07 Å². The van der Waals surface area contributed by atoms with Crippen LogP contribution in [0.25, 0.3) is 10.9 Å². The lowest BCUT2D eigenvalue weighted by Crippen LogP contribution is -2.60. The van der Waals surface area contributed by atoms with Crippen molar-refractivity contribution in [3.05, 3.63) is 71.9 Å². The minimum absolute atomic E-state index is 0.0371. The van der Waals surface area contributed by atoms with Gasteiger partial charge in [-0.05, 0) is 73.5 Å². The summed E-state index contributed by atoms with van der Waals surface area (Å²) < 4.78 is 7.85. The molecule has 6 amide bonds. The van der Waals surface area contributed by atoms with Gasteiger partial charge in [-0.25, -0.2) is 4.79 Å². The minimum atomic E-state index is -1.50. The number of hydrogen-bond donors (Lipinski definition) is 3. The number of para-hydroxylation sites is 1. The maximum absolute atomic E-state index is 15.1. The van der Waals surface area contributed by atoms with Gasteiger partial charge < -0.3 is 40.0 Å². The van der Waals surface area contributed by atoms with Crippen molar-refractivity contribution in [1.29, 1.82) is 5.26 Å². The minimum Gasteiger partial charge on any atom is -0.451 e. The third kappa shape index (κ3) is 15.1. The van der Waals surface area contributed by atoms with Gasteiger partial charge in [0.25, 0.3) is 5.91 Å². The second-order valence-corrected chi connectivity index (χ2v) is 20.4. The molecule has 3 aromatic rings. The highest BCUT2D eigenvalue weighted by molar-refractivity contribution is 5.98. The molecule has 1 fully saturated rings. The molecule has 0 unspecified atom stereocenters. The topological polar surface area (TPSA) is 203 Å². The van der Waals surface area contributed by atoms with E-state index in [2.05, 4.69) is 20.5 Å². The molecule has 1 aliphatic heterocycles. The number of nitriles is 1. The van der Waals surface area contributed by atoms with Crippen LogP contribution in [0.4, 0.5) is 0 Å². The second-order valence-electron chi connectivity index (χ2n) is 20.4. The van der Waals surface area contributed by atoms with E-state index in [-0.39, 0.29) is 68.6 Å². The number of rotatable bonds is 14. The zero-order valence-corrected chi connectivity index (χ0v) is 42.8. The first kappa shape index (κ1) is 55.4. The van der Waals surface area contributed by atoms with Crippen molar-refractivity contribution in [2.45, 2.75) is 156 Å². The number of nitrogens with zero attached hydrogens (tertiary/aromatic N) is 5. The fraction of sp³-hybridized carbons (Fsp3) is 0.585. The largest absolute Gasteiger partial charge is 0.451 e. The van der Waals surface area contributed by atoms with E-state index in [4.69, 9.17) is 4.74 Å². The van der Waals surface area contributed by atoms with Gasteiger partial charge in [0.15, 0.2) is 6.10 Å². The molecule has 0 radical (unpaired) electrons. The van der Waals surface area contributed by atoms with Crippen LogP contribution in [0.1, 0.15) is 112 Å². The molecule has 1 aliphatic rings. The van der Waals surface area contributed by atoms with E-state index in [1.807, 2.05) is 122 Å². The number of aromatic nitrogens is 1. The van der Waals surface area contributed by atoms with Crippen LogP contribution in [-0.2, 0) is 51.3 Å². The number of carbonyl (C=O) groups is 7. The Hall–Kier alpha value is -6.24. The summed E-state index contributed by atoms with van der Waals surface area (Å²) in [6.07, 6.45) is 0.932. The summed E-state index contributed by atoms with van der Waals surface area (Å²) in [6, 6.07) is 12.8. The Morgan fingerprint density at radius 3 is 1.59 bits per heavy atom. The normalized spacial score (nSPS) is 23.3. The number of cyclic esters (lactones) is 1. The Bertz CT molecular complexity index is 2300. The molecule has 1 saturated heterocycles. The fourth-order valence-electron chi connectivity index (χ4n) is 8.85. The highest BCUT2D eigenvalue weighted by Crippen LogP contribution is 2.26. The van der Waals surface area contributed by atoms with E-state index in [0.29, 0.717) is 6.54 Å². The van der Waals surface area contributed by atoms with E-state index in [0.717, 1.165) is 26.9 Å². The van der Waals surface area contributed by atoms with Crippen LogP contribution in [0, 0.1) is 35.0 Å². The second kappa shape index (κ2) is 25.4. The van der Waals surface area contributed by atoms with Crippen molar-refractivity contribution in [2.75, 3.05) is 21.1 Å². The van der Waals surface area contributed by atoms with Crippen LogP contribution in [0.2, 0.25) is 0 Å². The molecule has 0 aliphatic carbocycles. The average molecular weight is 953 g/mol. The third-order valence-corrected chi connectivity index (χ3v) is 12.7. The van der Waals surface area contributed by atoms with Gasteiger partial charge in [-0.15, -0.1) is 0 Å². The first-order chi connectivity index (χ1) is 32.5. The van der Waals surface area contributed by atoms with Crippen LogP contribution < -0.4 is 16.0 Å². The number of likely N-dealkylation sites (N-methyl/N-ethyl adjacent to an activating group) is 3. The summed E-state index contributed by atoms with van der Waals surface area (Å²) in [5.41, 5.74) is 2.77. The average Bonchev–Trinajstić information content (AvgIpc) is 3.64. The third-order valence-electron chi connectivity index (χ3n) is 12.7. The van der Waals surface area contributed by atoms with E-state index in [9.17, 15) is 29.2 Å². The zero-order valence-electron chi connectivity index (χ0n) is 42.8. The van der Waals surface area contributed by atoms with Gasteiger partial charge >= 0.3 is 5.97 Å². The molecule has 0 spiro atoms. The summed E-state index contributed by atoms with van der Waals surface area (Å²) in [5, 5.41) is 19.1. The number of fused-ring (bicyclic) bond motifs is 1. The summed E-state index contributed by atoms with van der Waals surface area (Å²) >= 11 is 0. The molecule has 7 atom stereocenters. The number of hydrogen-bond acceptors (Lipinski definition) is 9. The molecular weight excluding hydrogens is 877 g/mol. The molecule has 2 aromatic carbocycles. The van der Waals surface area contributed by atoms with Crippen molar-refractivity contribution in [2.24, 2.45) is 23.7 Å². The number of carbonyl (C=O) groups excluding carboxylic acids is 7. The Morgan fingerprint density at radius 2 is 1.07 bits per heavy atom. The van der Waals surface area contributed by atoms with Gasteiger partial charge in [-0.2, -0.15) is 5.26 Å². The highest BCUT2D eigenvalue weighted by Gasteiger charge is 2.40. The predicted octanol–water partition coefficient (Wildman–Crippen LogP) is 5.60. The number of nitrogens with one attached hydrogen (secondary N) is 3. The van der Waals surface area contributed by atoms with Crippen molar-refractivity contribution in [3.63, 3.8) is 0 Å². The molecule has 16 nitrogen and oxygen atoms in total. The summed E-state index contributed by atoms with van der Waals surface area (Å²) in [5.74, 6) is -5.07. The van der Waals surface area contributed by atoms with E-state index in [1.165, 1.54) is 37.9 Å². The first-order valence-corrected chi connectivity index (χ1v) is 24.4. The molecule has 3 N–H and O–H groups in total. The number of ether oxygens (including phenoxy) is 1. The fourth-order valence-corrected chi connectivity index (χ4v) is 8.85. The molecule has 376 valence electrons. The van der Waals surface area contributed by atoms with Crippen LogP contribution >= 0.6 is 0 Å². The van der Waals surface area contributed by atoms with Crippen molar-refractivity contribution >= 4 is 52.3 Å². The van der Waals surface area contributed by atoms with Gasteiger partial charge in [0.05, 0.1) is 6.07 Å². The van der Waals surface area contributed by atoms with Crippen LogP contribution in [0.5, 0.6) is 0 Å². The van der Waals surface area contributed by atoms with Gasteiger partial charge in [0.2, 0.25) is 29.5 Å². The molecule has 1 aromatic heterocycles. The number of esters is 1. The zero-order chi connectivity index (χ0) is 51.3. The lowest BCUT2D eigenvalue weighted by Gasteiger charge is -2.35. The summed E-state index contributed by atoms with van der Waals surface area (Å²) in [4.78, 5) is 106. The SMILES string of the molecule is CC(C)C[C@@H]1NC(=O)[C@H](Cc2cn(Cc3ccccc3)c3ccccc23)N(C)C(=O)[C@H](CC(C)C)NC(=O)[C@H](CC(C)C)N(C)C(=O)[C@H](CC(C)C)NC(=O)[C@@H](CCC#N)OC(=O)[C@H](C)N(C)C1=O.